The van der Waals surface area contributed by atoms with Crippen molar-refractivity contribution in [3.8, 4) is 11.1 Å². The predicted octanol–water partition coefficient (Wildman–Crippen LogP) is 3.63. The van der Waals surface area contributed by atoms with Gasteiger partial charge in [0, 0.05) is 13.5 Å². The van der Waals surface area contributed by atoms with Crippen LogP contribution < -0.4 is 10.8 Å². The van der Waals surface area contributed by atoms with Crippen LogP contribution in [-0.2, 0) is 16.1 Å². The fourth-order valence-corrected chi connectivity index (χ4v) is 3.11. The van der Waals surface area contributed by atoms with Gasteiger partial charge in [-0.3, -0.25) is 14.8 Å². The van der Waals surface area contributed by atoms with Crippen molar-refractivity contribution >= 4 is 11.8 Å². The molecule has 5 nitrogen and oxygen atoms in total. The lowest BCUT2D eigenvalue weighted by Crippen LogP contribution is -2.27. The normalized spacial score (nSPS) is 11.5. The SMILES string of the molecule is CC(=O)NCc1ccc(-c2ccc(C(C(=O)NO)c3ccccc3)cc2)cc1. The molecule has 0 aromatic heterocycles. The van der Waals surface area contributed by atoms with E-state index in [2.05, 4.69) is 5.32 Å². The van der Waals surface area contributed by atoms with E-state index in [1.54, 1.807) is 5.48 Å². The summed E-state index contributed by atoms with van der Waals surface area (Å²) in [6.45, 7) is 2.00. The Morgan fingerprint density at radius 2 is 1.36 bits per heavy atom. The van der Waals surface area contributed by atoms with Crippen LogP contribution in [0.1, 0.15) is 29.5 Å². The number of hydrogen-bond acceptors (Lipinski definition) is 3. The van der Waals surface area contributed by atoms with Crippen LogP contribution in [0, 0.1) is 0 Å². The maximum absolute atomic E-state index is 12.2. The molecule has 0 aliphatic rings. The van der Waals surface area contributed by atoms with E-state index in [-0.39, 0.29) is 5.91 Å². The molecule has 3 aromatic rings. The van der Waals surface area contributed by atoms with Crippen molar-refractivity contribution in [2.24, 2.45) is 0 Å². The second kappa shape index (κ2) is 8.97. The van der Waals surface area contributed by atoms with Gasteiger partial charge in [-0.2, -0.15) is 0 Å². The van der Waals surface area contributed by atoms with Gasteiger partial charge in [0.15, 0.2) is 0 Å². The van der Waals surface area contributed by atoms with Gasteiger partial charge in [-0.05, 0) is 27.8 Å². The molecular formula is C23H22N2O3. The highest BCUT2D eigenvalue weighted by molar-refractivity contribution is 5.86. The van der Waals surface area contributed by atoms with Gasteiger partial charge in [0.25, 0.3) is 5.91 Å². The Balaban J connectivity index is 1.82. The van der Waals surface area contributed by atoms with E-state index < -0.39 is 11.8 Å². The van der Waals surface area contributed by atoms with Crippen LogP contribution in [0.5, 0.6) is 0 Å². The summed E-state index contributed by atoms with van der Waals surface area (Å²) in [6.07, 6.45) is 0. The van der Waals surface area contributed by atoms with Crippen LogP contribution in [0.15, 0.2) is 78.9 Å². The van der Waals surface area contributed by atoms with Gasteiger partial charge in [0.2, 0.25) is 5.91 Å². The smallest absolute Gasteiger partial charge is 0.255 e. The molecule has 3 rings (SSSR count). The molecule has 1 atom stereocenters. The molecule has 0 radical (unpaired) electrons. The Morgan fingerprint density at radius 1 is 0.821 bits per heavy atom. The highest BCUT2D eigenvalue weighted by atomic mass is 16.5. The molecule has 0 aliphatic heterocycles. The van der Waals surface area contributed by atoms with Crippen LogP contribution in [0.4, 0.5) is 0 Å². The van der Waals surface area contributed by atoms with Crippen LogP contribution in [0.2, 0.25) is 0 Å². The maximum Gasteiger partial charge on any atom is 0.255 e. The minimum Gasteiger partial charge on any atom is -0.352 e. The predicted molar refractivity (Wildman–Crippen MR) is 108 cm³/mol. The molecule has 1 unspecified atom stereocenters. The summed E-state index contributed by atoms with van der Waals surface area (Å²) in [5.41, 5.74) is 6.46. The number of nitrogens with one attached hydrogen (secondary N) is 2. The van der Waals surface area contributed by atoms with Crippen LogP contribution in [0.25, 0.3) is 11.1 Å². The van der Waals surface area contributed by atoms with Crippen LogP contribution in [-0.4, -0.2) is 17.0 Å². The number of rotatable bonds is 6. The van der Waals surface area contributed by atoms with E-state index in [0.717, 1.165) is 27.8 Å². The zero-order valence-electron chi connectivity index (χ0n) is 15.6. The van der Waals surface area contributed by atoms with E-state index >= 15 is 0 Å². The first-order valence-corrected chi connectivity index (χ1v) is 9.01. The summed E-state index contributed by atoms with van der Waals surface area (Å²) in [4.78, 5) is 23.2. The molecule has 0 bridgehead atoms. The molecule has 0 saturated heterocycles. The van der Waals surface area contributed by atoms with Crippen molar-refractivity contribution in [3.63, 3.8) is 0 Å². The number of hydroxylamine groups is 1. The second-order valence-corrected chi connectivity index (χ2v) is 6.55. The summed E-state index contributed by atoms with van der Waals surface area (Å²) in [6, 6.07) is 25.0. The molecule has 0 heterocycles. The standard InChI is InChI=1S/C23H22N2O3/c1-16(26)24-15-17-7-9-18(10-8-17)19-11-13-21(14-12-19)22(23(27)25-28)20-5-3-2-4-6-20/h2-14,22,28H,15H2,1H3,(H,24,26)(H,25,27). The molecule has 3 aromatic carbocycles. The van der Waals surface area contributed by atoms with Crippen LogP contribution >= 0.6 is 0 Å². The second-order valence-electron chi connectivity index (χ2n) is 6.55. The molecule has 0 aliphatic carbocycles. The Hall–Kier alpha value is -3.44. The van der Waals surface area contributed by atoms with E-state index in [1.807, 2.05) is 78.9 Å². The third-order valence-electron chi connectivity index (χ3n) is 4.58. The van der Waals surface area contributed by atoms with Crippen molar-refractivity contribution in [2.45, 2.75) is 19.4 Å². The minimum absolute atomic E-state index is 0.0560. The highest BCUT2D eigenvalue weighted by Gasteiger charge is 2.22. The fourth-order valence-electron chi connectivity index (χ4n) is 3.11. The number of amides is 2. The van der Waals surface area contributed by atoms with E-state index in [4.69, 9.17) is 5.21 Å². The molecule has 0 saturated carbocycles. The minimum atomic E-state index is -0.583. The quantitative estimate of drug-likeness (QED) is 0.455. The monoisotopic (exact) mass is 374 g/mol. The van der Waals surface area contributed by atoms with Crippen molar-refractivity contribution in [1.82, 2.24) is 10.8 Å². The zero-order valence-corrected chi connectivity index (χ0v) is 15.6. The first-order chi connectivity index (χ1) is 13.6. The molecular weight excluding hydrogens is 352 g/mol. The Labute approximate surface area is 164 Å². The van der Waals surface area contributed by atoms with Gasteiger partial charge < -0.3 is 5.32 Å². The number of carbonyl (C=O) groups excluding carboxylic acids is 2. The summed E-state index contributed by atoms with van der Waals surface area (Å²) in [7, 11) is 0. The van der Waals surface area contributed by atoms with Gasteiger partial charge in [-0.1, -0.05) is 78.9 Å². The third kappa shape index (κ3) is 4.64. The van der Waals surface area contributed by atoms with Crippen molar-refractivity contribution in [3.05, 3.63) is 95.6 Å². The average molecular weight is 374 g/mol. The van der Waals surface area contributed by atoms with E-state index in [0.29, 0.717) is 6.54 Å². The van der Waals surface area contributed by atoms with Crippen molar-refractivity contribution in [1.29, 1.82) is 0 Å². The first-order valence-electron chi connectivity index (χ1n) is 9.01. The molecule has 0 spiro atoms. The van der Waals surface area contributed by atoms with E-state index in [1.165, 1.54) is 6.92 Å². The van der Waals surface area contributed by atoms with Crippen molar-refractivity contribution < 1.29 is 14.8 Å². The Kier molecular flexibility index (Phi) is 6.19. The lowest BCUT2D eigenvalue weighted by atomic mass is 9.89. The van der Waals surface area contributed by atoms with Gasteiger partial charge in [0.05, 0.1) is 5.92 Å². The van der Waals surface area contributed by atoms with E-state index in [9.17, 15) is 9.59 Å². The number of benzene rings is 3. The van der Waals surface area contributed by atoms with Gasteiger partial charge in [-0.15, -0.1) is 0 Å². The zero-order chi connectivity index (χ0) is 19.9. The molecule has 2 amide bonds. The number of carbonyl (C=O) groups is 2. The lowest BCUT2D eigenvalue weighted by molar-refractivity contribution is -0.129. The number of hydrogen-bond donors (Lipinski definition) is 3. The summed E-state index contributed by atoms with van der Waals surface area (Å²) < 4.78 is 0. The average Bonchev–Trinajstić information content (AvgIpc) is 2.74. The first kappa shape index (κ1) is 19.3. The molecule has 3 N–H and O–H groups in total. The summed E-state index contributed by atoms with van der Waals surface area (Å²) in [5.74, 6) is -1.11. The van der Waals surface area contributed by atoms with Gasteiger partial charge >= 0.3 is 0 Å². The molecule has 28 heavy (non-hydrogen) atoms. The molecule has 142 valence electrons. The lowest BCUT2D eigenvalue weighted by Gasteiger charge is -2.16. The molecule has 5 heteroatoms. The fraction of sp³-hybridized carbons (Fsp3) is 0.130. The molecule has 0 fully saturated rings. The van der Waals surface area contributed by atoms with Crippen LogP contribution in [0.3, 0.4) is 0 Å². The summed E-state index contributed by atoms with van der Waals surface area (Å²) in [5, 5.41) is 11.9. The van der Waals surface area contributed by atoms with Gasteiger partial charge in [0.1, 0.15) is 0 Å². The summed E-state index contributed by atoms with van der Waals surface area (Å²) >= 11 is 0. The Bertz CT molecular complexity index is 936. The largest absolute Gasteiger partial charge is 0.352 e. The Morgan fingerprint density at radius 3 is 1.89 bits per heavy atom. The highest BCUT2D eigenvalue weighted by Crippen LogP contribution is 2.28. The topological polar surface area (TPSA) is 78.4 Å². The third-order valence-corrected chi connectivity index (χ3v) is 4.58. The maximum atomic E-state index is 12.2. The van der Waals surface area contributed by atoms with Crippen molar-refractivity contribution in [2.75, 3.05) is 0 Å². The van der Waals surface area contributed by atoms with Gasteiger partial charge in [-0.25, -0.2) is 5.48 Å².